The Morgan fingerprint density at radius 1 is 1.44 bits per heavy atom. The molecule has 0 bridgehead atoms. The summed E-state index contributed by atoms with van der Waals surface area (Å²) in [5.41, 5.74) is 1.12. The summed E-state index contributed by atoms with van der Waals surface area (Å²) < 4.78 is 9.01. The van der Waals surface area contributed by atoms with Gasteiger partial charge in [0.25, 0.3) is 0 Å². The molecule has 2 aromatic rings. The van der Waals surface area contributed by atoms with Gasteiger partial charge in [-0.15, -0.1) is 0 Å². The van der Waals surface area contributed by atoms with Gasteiger partial charge in [0.2, 0.25) is 5.88 Å². The van der Waals surface area contributed by atoms with Crippen LogP contribution >= 0.6 is 0 Å². The minimum absolute atomic E-state index is 0.265. The van der Waals surface area contributed by atoms with E-state index >= 15 is 0 Å². The van der Waals surface area contributed by atoms with Gasteiger partial charge in [-0.3, -0.25) is 9.48 Å². The third-order valence-electron chi connectivity index (χ3n) is 2.65. The highest BCUT2D eigenvalue weighted by atomic mass is 16.5. The van der Waals surface area contributed by atoms with Gasteiger partial charge in [0.15, 0.2) is 12.0 Å². The lowest BCUT2D eigenvalue weighted by molar-refractivity contribution is 0.112. The lowest BCUT2D eigenvalue weighted by Crippen LogP contribution is -2.00. The fourth-order valence-corrected chi connectivity index (χ4v) is 1.68. The summed E-state index contributed by atoms with van der Waals surface area (Å²) in [6.45, 7) is 5.83. The number of aldehydes is 1. The predicted octanol–water partition coefficient (Wildman–Crippen LogP) is 2.11. The Morgan fingerprint density at radius 2 is 2.17 bits per heavy atom. The topological polar surface area (TPSA) is 61.9 Å². The molecule has 0 aliphatic heterocycles. The summed E-state index contributed by atoms with van der Waals surface area (Å²) in [5, 5.41) is 8.33. The number of carbonyl (C=O) groups excluding carboxylic acids is 1. The zero-order chi connectivity index (χ0) is 13.3. The second kappa shape index (κ2) is 4.64. The molecule has 0 spiro atoms. The van der Waals surface area contributed by atoms with E-state index in [0.29, 0.717) is 22.9 Å². The second-order valence-electron chi connectivity index (χ2n) is 4.40. The van der Waals surface area contributed by atoms with Crippen molar-refractivity contribution in [2.45, 2.75) is 26.8 Å². The Kier molecular flexibility index (Phi) is 3.18. The molecule has 0 aromatic carbocycles. The highest BCUT2D eigenvalue weighted by molar-refractivity contribution is 5.80. The van der Waals surface area contributed by atoms with Gasteiger partial charge in [-0.2, -0.15) is 10.2 Å². The first-order chi connectivity index (χ1) is 8.52. The van der Waals surface area contributed by atoms with Crippen molar-refractivity contribution in [1.82, 2.24) is 19.6 Å². The molecule has 0 fully saturated rings. The number of nitrogens with zero attached hydrogens (tertiary/aromatic N) is 4. The van der Waals surface area contributed by atoms with Crippen molar-refractivity contribution in [3.05, 3.63) is 23.7 Å². The fourth-order valence-electron chi connectivity index (χ4n) is 1.68. The van der Waals surface area contributed by atoms with Crippen molar-refractivity contribution in [2.24, 2.45) is 7.05 Å². The molecule has 0 saturated carbocycles. The maximum Gasteiger partial charge on any atom is 0.228 e. The molecular weight excluding hydrogens is 232 g/mol. The van der Waals surface area contributed by atoms with E-state index in [1.165, 1.54) is 0 Å². The highest BCUT2D eigenvalue weighted by Crippen LogP contribution is 2.25. The Balaban J connectivity index is 2.30. The average molecular weight is 248 g/mol. The van der Waals surface area contributed by atoms with E-state index < -0.39 is 0 Å². The molecule has 0 atom stereocenters. The number of aryl methyl sites for hydroxylation is 2. The molecule has 0 radical (unpaired) electrons. The molecular formula is C12H16N4O2. The Labute approximate surface area is 105 Å². The van der Waals surface area contributed by atoms with Crippen molar-refractivity contribution in [3.63, 3.8) is 0 Å². The molecule has 96 valence electrons. The highest BCUT2D eigenvalue weighted by Gasteiger charge is 2.15. The van der Waals surface area contributed by atoms with Gasteiger partial charge in [-0.25, -0.2) is 4.68 Å². The molecule has 2 heterocycles. The molecule has 6 heteroatoms. The molecule has 6 nitrogen and oxygen atoms in total. The van der Waals surface area contributed by atoms with Crippen LogP contribution in [0.5, 0.6) is 11.6 Å². The SMILES string of the molecule is Cc1nn(C)c(Oc2cnn(C(C)C)c2)c1C=O. The van der Waals surface area contributed by atoms with E-state index in [-0.39, 0.29) is 6.04 Å². The molecule has 0 aliphatic rings. The van der Waals surface area contributed by atoms with Gasteiger partial charge in [0, 0.05) is 13.1 Å². The van der Waals surface area contributed by atoms with Crippen LogP contribution < -0.4 is 4.74 Å². The number of hydrogen-bond donors (Lipinski definition) is 0. The number of hydrogen-bond acceptors (Lipinski definition) is 4. The average Bonchev–Trinajstić information content (AvgIpc) is 2.86. The van der Waals surface area contributed by atoms with Crippen LogP contribution in [-0.4, -0.2) is 25.8 Å². The maximum atomic E-state index is 11.0. The Morgan fingerprint density at radius 3 is 2.72 bits per heavy atom. The van der Waals surface area contributed by atoms with Crippen molar-refractivity contribution < 1.29 is 9.53 Å². The molecule has 2 aromatic heterocycles. The normalized spacial score (nSPS) is 10.9. The van der Waals surface area contributed by atoms with Crippen LogP contribution in [-0.2, 0) is 7.05 Å². The second-order valence-corrected chi connectivity index (χ2v) is 4.40. The third kappa shape index (κ3) is 2.13. The number of carbonyl (C=O) groups is 1. The molecule has 0 N–H and O–H groups in total. The zero-order valence-electron chi connectivity index (χ0n) is 10.9. The van der Waals surface area contributed by atoms with Crippen LogP contribution in [0.15, 0.2) is 12.4 Å². The zero-order valence-corrected chi connectivity index (χ0v) is 10.9. The fraction of sp³-hybridized carbons (Fsp3) is 0.417. The standard InChI is InChI=1S/C12H16N4O2/c1-8(2)16-6-10(5-13-16)18-12-11(7-17)9(3)14-15(12)4/h5-8H,1-4H3. The number of aromatic nitrogens is 4. The number of rotatable bonds is 4. The summed E-state index contributed by atoms with van der Waals surface area (Å²) in [4.78, 5) is 11.0. The summed E-state index contributed by atoms with van der Waals surface area (Å²) in [7, 11) is 1.74. The first-order valence-electron chi connectivity index (χ1n) is 5.73. The van der Waals surface area contributed by atoms with E-state index in [9.17, 15) is 4.79 Å². The maximum absolute atomic E-state index is 11.0. The monoisotopic (exact) mass is 248 g/mol. The van der Waals surface area contributed by atoms with E-state index in [2.05, 4.69) is 10.2 Å². The smallest absolute Gasteiger partial charge is 0.228 e. The van der Waals surface area contributed by atoms with Gasteiger partial charge in [0.1, 0.15) is 0 Å². The van der Waals surface area contributed by atoms with Crippen molar-refractivity contribution in [1.29, 1.82) is 0 Å². The van der Waals surface area contributed by atoms with Crippen LogP contribution in [0.2, 0.25) is 0 Å². The van der Waals surface area contributed by atoms with Gasteiger partial charge in [0.05, 0.1) is 23.7 Å². The van der Waals surface area contributed by atoms with Crippen LogP contribution in [0.25, 0.3) is 0 Å². The van der Waals surface area contributed by atoms with Crippen LogP contribution in [0, 0.1) is 6.92 Å². The minimum atomic E-state index is 0.265. The largest absolute Gasteiger partial charge is 0.435 e. The summed E-state index contributed by atoms with van der Waals surface area (Å²) in [5.74, 6) is 1.03. The minimum Gasteiger partial charge on any atom is -0.435 e. The van der Waals surface area contributed by atoms with Gasteiger partial charge >= 0.3 is 0 Å². The first-order valence-corrected chi connectivity index (χ1v) is 5.73. The summed E-state index contributed by atoms with van der Waals surface area (Å²) >= 11 is 0. The summed E-state index contributed by atoms with van der Waals surface area (Å²) in [6.07, 6.45) is 4.17. The number of ether oxygens (including phenoxy) is 1. The van der Waals surface area contributed by atoms with E-state index in [4.69, 9.17) is 4.74 Å². The molecule has 0 amide bonds. The lowest BCUT2D eigenvalue weighted by Gasteiger charge is -2.04. The summed E-state index contributed by atoms with van der Waals surface area (Å²) in [6, 6.07) is 0.265. The van der Waals surface area contributed by atoms with Crippen molar-refractivity contribution in [3.8, 4) is 11.6 Å². The van der Waals surface area contributed by atoms with Gasteiger partial charge in [-0.1, -0.05) is 0 Å². The Hall–Kier alpha value is -2.11. The molecule has 0 aliphatic carbocycles. The van der Waals surface area contributed by atoms with Crippen LogP contribution in [0.4, 0.5) is 0 Å². The predicted molar refractivity (Wildman–Crippen MR) is 66.0 cm³/mol. The lowest BCUT2D eigenvalue weighted by atomic mass is 10.3. The quantitative estimate of drug-likeness (QED) is 0.777. The van der Waals surface area contributed by atoms with Crippen molar-refractivity contribution >= 4 is 6.29 Å². The molecule has 0 unspecified atom stereocenters. The van der Waals surface area contributed by atoms with E-state index in [1.54, 1.807) is 35.7 Å². The van der Waals surface area contributed by atoms with Gasteiger partial charge < -0.3 is 4.74 Å². The molecule has 0 saturated heterocycles. The van der Waals surface area contributed by atoms with Crippen molar-refractivity contribution in [2.75, 3.05) is 0 Å². The first kappa shape index (κ1) is 12.3. The third-order valence-corrected chi connectivity index (χ3v) is 2.65. The van der Waals surface area contributed by atoms with Gasteiger partial charge in [-0.05, 0) is 20.8 Å². The van der Waals surface area contributed by atoms with Crippen LogP contribution in [0.3, 0.4) is 0 Å². The molecule has 2 rings (SSSR count). The van der Waals surface area contributed by atoms with Crippen LogP contribution in [0.1, 0.15) is 35.9 Å². The molecule has 18 heavy (non-hydrogen) atoms. The Bertz CT molecular complexity index is 569. The van der Waals surface area contributed by atoms with E-state index in [0.717, 1.165) is 6.29 Å². The van der Waals surface area contributed by atoms with E-state index in [1.807, 2.05) is 13.8 Å².